The zero-order chi connectivity index (χ0) is 14.5. The maximum Gasteiger partial charge on any atom is 0.224 e. The molecule has 108 valence electrons. The number of amidine groups is 1. The van der Waals surface area contributed by atoms with Crippen molar-refractivity contribution in [2.45, 2.75) is 38.1 Å². The van der Waals surface area contributed by atoms with Gasteiger partial charge in [0.15, 0.2) is 5.84 Å². The van der Waals surface area contributed by atoms with Crippen molar-refractivity contribution < 1.29 is 10.0 Å². The van der Waals surface area contributed by atoms with Crippen LogP contribution in [0.25, 0.3) is 0 Å². The fourth-order valence-corrected chi connectivity index (χ4v) is 2.48. The third kappa shape index (κ3) is 3.29. The number of nitrogens with one attached hydrogen (secondary N) is 1. The van der Waals surface area contributed by atoms with Crippen LogP contribution in [-0.4, -0.2) is 23.0 Å². The zero-order valence-electron chi connectivity index (χ0n) is 11.6. The largest absolute Gasteiger partial charge is 0.409 e. The summed E-state index contributed by atoms with van der Waals surface area (Å²) in [5, 5.41) is 14.6. The standard InChI is InChI=1S/C15H21N3O2/c1-2-6-13(14(16)18-20)17-15(19)12-9-11(12)10-7-4-3-5-8-10/h3-5,7-8,11-13,20H,2,6,9H2,1H3,(H2,16,18)(H,17,19). The first-order valence-electron chi connectivity index (χ1n) is 7.00. The topological polar surface area (TPSA) is 87.7 Å². The fourth-order valence-electron chi connectivity index (χ4n) is 2.48. The van der Waals surface area contributed by atoms with E-state index in [0.29, 0.717) is 12.3 Å². The second-order valence-corrected chi connectivity index (χ2v) is 5.23. The number of hydrogen-bond acceptors (Lipinski definition) is 3. The summed E-state index contributed by atoms with van der Waals surface area (Å²) >= 11 is 0. The Morgan fingerprint density at radius 3 is 2.80 bits per heavy atom. The number of oxime groups is 1. The van der Waals surface area contributed by atoms with Gasteiger partial charge in [-0.05, 0) is 24.3 Å². The molecule has 4 N–H and O–H groups in total. The molecular formula is C15H21N3O2. The fraction of sp³-hybridized carbons (Fsp3) is 0.467. The molecule has 1 fully saturated rings. The van der Waals surface area contributed by atoms with Gasteiger partial charge in [0.25, 0.3) is 0 Å². The van der Waals surface area contributed by atoms with Crippen LogP contribution < -0.4 is 11.1 Å². The second-order valence-electron chi connectivity index (χ2n) is 5.23. The summed E-state index contributed by atoms with van der Waals surface area (Å²) in [6.45, 7) is 1.99. The van der Waals surface area contributed by atoms with Crippen molar-refractivity contribution in [3.63, 3.8) is 0 Å². The molecule has 0 saturated heterocycles. The summed E-state index contributed by atoms with van der Waals surface area (Å²) in [6, 6.07) is 9.65. The number of nitrogens with zero attached hydrogens (tertiary/aromatic N) is 1. The molecule has 1 saturated carbocycles. The van der Waals surface area contributed by atoms with E-state index >= 15 is 0 Å². The first-order valence-corrected chi connectivity index (χ1v) is 7.00. The number of hydrogen-bond donors (Lipinski definition) is 3. The van der Waals surface area contributed by atoms with Crippen LogP contribution in [0.4, 0.5) is 0 Å². The monoisotopic (exact) mass is 275 g/mol. The SMILES string of the molecule is CCCC(NC(=O)C1CC1c1ccccc1)/C(N)=N/O. The Hall–Kier alpha value is -2.04. The van der Waals surface area contributed by atoms with Gasteiger partial charge in [0.05, 0.1) is 6.04 Å². The number of rotatable bonds is 6. The van der Waals surface area contributed by atoms with Gasteiger partial charge in [-0.2, -0.15) is 0 Å². The average Bonchev–Trinajstić information content (AvgIpc) is 3.27. The molecular weight excluding hydrogens is 254 g/mol. The summed E-state index contributed by atoms with van der Waals surface area (Å²) in [4.78, 5) is 12.2. The van der Waals surface area contributed by atoms with Gasteiger partial charge in [-0.15, -0.1) is 0 Å². The summed E-state index contributed by atoms with van der Waals surface area (Å²) in [6.07, 6.45) is 2.39. The molecule has 1 aliphatic rings. The quantitative estimate of drug-likeness (QED) is 0.320. The lowest BCUT2D eigenvalue weighted by molar-refractivity contribution is -0.122. The van der Waals surface area contributed by atoms with E-state index in [4.69, 9.17) is 10.9 Å². The van der Waals surface area contributed by atoms with E-state index in [1.165, 1.54) is 5.56 Å². The molecule has 2 rings (SSSR count). The summed E-state index contributed by atoms with van der Waals surface area (Å²) in [5.74, 6) is 0.357. The van der Waals surface area contributed by atoms with Gasteiger partial charge in [-0.3, -0.25) is 4.79 Å². The molecule has 3 atom stereocenters. The molecule has 20 heavy (non-hydrogen) atoms. The van der Waals surface area contributed by atoms with Crippen LogP contribution in [0, 0.1) is 5.92 Å². The normalized spacial score (nSPS) is 23.1. The first-order chi connectivity index (χ1) is 9.67. The molecule has 1 aromatic carbocycles. The Balaban J connectivity index is 1.93. The van der Waals surface area contributed by atoms with E-state index < -0.39 is 0 Å². The molecule has 0 spiro atoms. The van der Waals surface area contributed by atoms with Crippen LogP contribution in [0.1, 0.15) is 37.7 Å². The highest BCUT2D eigenvalue weighted by molar-refractivity contribution is 5.91. The number of benzene rings is 1. The number of carbonyl (C=O) groups excluding carboxylic acids is 1. The predicted molar refractivity (Wildman–Crippen MR) is 77.5 cm³/mol. The minimum atomic E-state index is -0.380. The minimum Gasteiger partial charge on any atom is -0.409 e. The van der Waals surface area contributed by atoms with Crippen molar-refractivity contribution in [1.29, 1.82) is 0 Å². The van der Waals surface area contributed by atoms with E-state index in [0.717, 1.165) is 12.8 Å². The minimum absolute atomic E-state index is 0.00301. The van der Waals surface area contributed by atoms with Crippen molar-refractivity contribution >= 4 is 11.7 Å². The van der Waals surface area contributed by atoms with Crippen LogP contribution >= 0.6 is 0 Å². The van der Waals surface area contributed by atoms with Gasteiger partial charge < -0.3 is 16.3 Å². The highest BCUT2D eigenvalue weighted by Crippen LogP contribution is 2.47. The van der Waals surface area contributed by atoms with Gasteiger partial charge >= 0.3 is 0 Å². The lowest BCUT2D eigenvalue weighted by atomic mass is 10.1. The molecule has 3 unspecified atom stereocenters. The van der Waals surface area contributed by atoms with Crippen LogP contribution in [0.5, 0.6) is 0 Å². The Labute approximate surface area is 118 Å². The lowest BCUT2D eigenvalue weighted by Gasteiger charge is -2.16. The van der Waals surface area contributed by atoms with E-state index in [1.54, 1.807) is 0 Å². The molecule has 1 amide bonds. The molecule has 0 aliphatic heterocycles. The lowest BCUT2D eigenvalue weighted by Crippen LogP contribution is -2.45. The van der Waals surface area contributed by atoms with Crippen LogP contribution in [-0.2, 0) is 4.79 Å². The maximum absolute atomic E-state index is 12.2. The van der Waals surface area contributed by atoms with Crippen molar-refractivity contribution in [2.75, 3.05) is 0 Å². The molecule has 5 heteroatoms. The average molecular weight is 275 g/mol. The Kier molecular flexibility index (Phi) is 4.61. The van der Waals surface area contributed by atoms with Gasteiger partial charge in [-0.25, -0.2) is 0 Å². The number of nitrogens with two attached hydrogens (primary N) is 1. The van der Waals surface area contributed by atoms with Crippen LogP contribution in [0.2, 0.25) is 0 Å². The Bertz CT molecular complexity index is 487. The van der Waals surface area contributed by atoms with Crippen molar-refractivity contribution in [2.24, 2.45) is 16.8 Å². The predicted octanol–water partition coefficient (Wildman–Crippen LogP) is 1.82. The van der Waals surface area contributed by atoms with Crippen molar-refractivity contribution in [3.8, 4) is 0 Å². The van der Waals surface area contributed by atoms with Crippen molar-refractivity contribution in [1.82, 2.24) is 5.32 Å². The Morgan fingerprint density at radius 2 is 2.20 bits per heavy atom. The summed E-state index contributed by atoms with van der Waals surface area (Å²) < 4.78 is 0. The van der Waals surface area contributed by atoms with E-state index in [2.05, 4.69) is 10.5 Å². The number of amides is 1. The summed E-state index contributed by atoms with van der Waals surface area (Å²) in [5.41, 5.74) is 6.80. The molecule has 0 bridgehead atoms. The highest BCUT2D eigenvalue weighted by Gasteiger charge is 2.44. The van der Waals surface area contributed by atoms with E-state index in [9.17, 15) is 4.79 Å². The van der Waals surface area contributed by atoms with Gasteiger partial charge in [-0.1, -0.05) is 48.8 Å². The zero-order valence-corrected chi connectivity index (χ0v) is 11.6. The Morgan fingerprint density at radius 1 is 1.50 bits per heavy atom. The molecule has 1 aromatic rings. The molecule has 0 aromatic heterocycles. The molecule has 1 aliphatic carbocycles. The highest BCUT2D eigenvalue weighted by atomic mass is 16.4. The smallest absolute Gasteiger partial charge is 0.224 e. The second kappa shape index (κ2) is 6.41. The van der Waals surface area contributed by atoms with Gasteiger partial charge in [0, 0.05) is 5.92 Å². The molecule has 0 radical (unpaired) electrons. The van der Waals surface area contributed by atoms with Gasteiger partial charge in [0.1, 0.15) is 0 Å². The first kappa shape index (κ1) is 14.4. The van der Waals surface area contributed by atoms with E-state index in [-0.39, 0.29) is 23.7 Å². The molecule has 0 heterocycles. The third-order valence-electron chi connectivity index (χ3n) is 3.72. The van der Waals surface area contributed by atoms with Crippen LogP contribution in [0.3, 0.4) is 0 Å². The van der Waals surface area contributed by atoms with E-state index in [1.807, 2.05) is 37.3 Å². The number of carbonyl (C=O) groups is 1. The van der Waals surface area contributed by atoms with Crippen molar-refractivity contribution in [3.05, 3.63) is 35.9 Å². The summed E-state index contributed by atoms with van der Waals surface area (Å²) in [7, 11) is 0. The van der Waals surface area contributed by atoms with Crippen LogP contribution in [0.15, 0.2) is 35.5 Å². The molecule has 5 nitrogen and oxygen atoms in total. The van der Waals surface area contributed by atoms with Gasteiger partial charge in [0.2, 0.25) is 5.91 Å². The third-order valence-corrected chi connectivity index (χ3v) is 3.72. The maximum atomic E-state index is 12.2.